The maximum Gasteiger partial charge on any atom is 0.314 e. The largest absolute Gasteiger partial charge is 0.483 e. The van der Waals surface area contributed by atoms with Gasteiger partial charge < -0.3 is 18.9 Å². The number of fused-ring (bicyclic) bond motifs is 3. The number of nitrogens with zero attached hydrogens (tertiary/aromatic N) is 3. The number of nitrogens with one attached hydrogen (secondary N) is 1. The van der Waals surface area contributed by atoms with Gasteiger partial charge in [-0.25, -0.2) is 4.98 Å². The Bertz CT molecular complexity index is 1370. The number of benzene rings is 2. The van der Waals surface area contributed by atoms with Crippen molar-refractivity contribution in [1.29, 1.82) is 0 Å². The van der Waals surface area contributed by atoms with E-state index >= 15 is 0 Å². The summed E-state index contributed by atoms with van der Waals surface area (Å²) in [6, 6.07) is 10.1. The van der Waals surface area contributed by atoms with Crippen molar-refractivity contribution in [2.45, 2.75) is 38.2 Å². The maximum absolute atomic E-state index is 14.1. The monoisotopic (exact) mass is 510 g/mol. The molecule has 8 nitrogen and oxygen atoms in total. The number of aromatic nitrogens is 2. The molecule has 2 aliphatic rings. The second-order valence-corrected chi connectivity index (χ2v) is 9.46. The summed E-state index contributed by atoms with van der Waals surface area (Å²) in [5.41, 5.74) is 2.28. The molecule has 2 amide bonds. The molecule has 2 aliphatic heterocycles. The number of alkyl halides is 2. The summed E-state index contributed by atoms with van der Waals surface area (Å²) in [5.74, 6) is -3.15. The molecule has 0 unspecified atom stereocenters. The van der Waals surface area contributed by atoms with E-state index in [1.165, 1.54) is 6.08 Å². The number of halogens is 2. The van der Waals surface area contributed by atoms with Crippen LogP contribution in [-0.2, 0) is 4.79 Å². The van der Waals surface area contributed by atoms with Gasteiger partial charge in [0.1, 0.15) is 5.52 Å². The van der Waals surface area contributed by atoms with E-state index in [9.17, 15) is 18.4 Å². The number of carbonyl (C=O) groups excluding carboxylic acids is 2. The second kappa shape index (κ2) is 9.84. The first-order valence-electron chi connectivity index (χ1n) is 12.2. The summed E-state index contributed by atoms with van der Waals surface area (Å²) >= 11 is 0. The van der Waals surface area contributed by atoms with Crippen molar-refractivity contribution >= 4 is 28.8 Å². The summed E-state index contributed by atoms with van der Waals surface area (Å²) in [6.07, 6.45) is 3.58. The summed E-state index contributed by atoms with van der Waals surface area (Å²) in [6.45, 7) is 4.76. The number of anilines is 1. The van der Waals surface area contributed by atoms with E-state index in [1.54, 1.807) is 39.8 Å². The van der Waals surface area contributed by atoms with E-state index in [0.717, 1.165) is 18.4 Å². The second-order valence-electron chi connectivity index (χ2n) is 9.46. The number of amides is 2. The topological polar surface area (TPSA) is 85.7 Å². The molecule has 5 rings (SSSR count). The zero-order chi connectivity index (χ0) is 26.2. The molecule has 3 aromatic rings. The van der Waals surface area contributed by atoms with Crippen LogP contribution in [0.5, 0.6) is 11.5 Å². The minimum absolute atomic E-state index is 0.143. The molecule has 10 heteroatoms. The van der Waals surface area contributed by atoms with Gasteiger partial charge in [-0.05, 0) is 56.5 Å². The van der Waals surface area contributed by atoms with Crippen molar-refractivity contribution < 1.29 is 27.8 Å². The summed E-state index contributed by atoms with van der Waals surface area (Å²) in [7, 11) is 0. The molecule has 3 heterocycles. The molecule has 1 atom stereocenters. The fraction of sp³-hybridized carbons (Fsp3) is 0.370. The Balaban J connectivity index is 1.63. The zero-order valence-electron chi connectivity index (χ0n) is 20.5. The summed E-state index contributed by atoms with van der Waals surface area (Å²) in [5, 5.41) is 2.90. The highest BCUT2D eigenvalue weighted by atomic mass is 19.3. The summed E-state index contributed by atoms with van der Waals surface area (Å²) in [4.78, 5) is 32.1. The standard InChI is InChI=1S/C27H28F2N4O4/c1-3-22(34)32-12-5-4-9-19(14-32)33-23-20(10-11-21-24(23)37-16-27(28,29)15-36-21)30-26(33)31-25(35)18-8-6-7-17(2)13-18/h3,6-8,10-11,13,19H,1,4-5,9,12,14-16H2,2H3,(H,30,31,35)/t19-/m1/s1. The van der Waals surface area contributed by atoms with E-state index in [4.69, 9.17) is 9.47 Å². The Morgan fingerprint density at radius 1 is 1.19 bits per heavy atom. The molecule has 0 bridgehead atoms. The van der Waals surface area contributed by atoms with Gasteiger partial charge >= 0.3 is 5.92 Å². The van der Waals surface area contributed by atoms with E-state index in [1.807, 2.05) is 13.0 Å². The highest BCUT2D eigenvalue weighted by Crippen LogP contribution is 2.42. The molecular weight excluding hydrogens is 482 g/mol. The van der Waals surface area contributed by atoms with E-state index in [2.05, 4.69) is 16.9 Å². The number of hydrogen-bond donors (Lipinski definition) is 1. The van der Waals surface area contributed by atoms with Gasteiger partial charge in [-0.1, -0.05) is 24.3 Å². The van der Waals surface area contributed by atoms with Crippen LogP contribution in [0.15, 0.2) is 49.1 Å². The molecule has 1 fully saturated rings. The Morgan fingerprint density at radius 3 is 2.78 bits per heavy atom. The van der Waals surface area contributed by atoms with Crippen LogP contribution in [0.3, 0.4) is 0 Å². The van der Waals surface area contributed by atoms with E-state index < -0.39 is 19.1 Å². The van der Waals surface area contributed by atoms with Crippen molar-refractivity contribution in [3.63, 3.8) is 0 Å². The number of carbonyl (C=O) groups is 2. The molecule has 1 saturated heterocycles. The minimum atomic E-state index is -3.16. The van der Waals surface area contributed by atoms with Gasteiger partial charge in [-0.3, -0.25) is 14.9 Å². The smallest absolute Gasteiger partial charge is 0.314 e. The van der Waals surface area contributed by atoms with Crippen molar-refractivity contribution in [2.24, 2.45) is 0 Å². The average molecular weight is 511 g/mol. The van der Waals surface area contributed by atoms with Gasteiger partial charge in [0.15, 0.2) is 24.7 Å². The highest BCUT2D eigenvalue weighted by molar-refractivity contribution is 6.04. The molecule has 1 aromatic heterocycles. The number of imidazole rings is 1. The number of likely N-dealkylation sites (tertiary alicyclic amines) is 1. The first-order valence-corrected chi connectivity index (χ1v) is 12.2. The van der Waals surface area contributed by atoms with E-state index in [0.29, 0.717) is 36.1 Å². The van der Waals surface area contributed by atoms with Crippen molar-refractivity contribution in [2.75, 3.05) is 31.6 Å². The number of rotatable bonds is 4. The first-order chi connectivity index (χ1) is 17.8. The van der Waals surface area contributed by atoms with Crippen LogP contribution >= 0.6 is 0 Å². The molecule has 0 spiro atoms. The van der Waals surface area contributed by atoms with Gasteiger partial charge in [0, 0.05) is 18.7 Å². The fourth-order valence-corrected chi connectivity index (χ4v) is 4.86. The van der Waals surface area contributed by atoms with Crippen molar-refractivity contribution in [1.82, 2.24) is 14.5 Å². The minimum Gasteiger partial charge on any atom is -0.483 e. The first kappa shape index (κ1) is 24.7. The van der Waals surface area contributed by atoms with Crippen LogP contribution in [0, 0.1) is 6.92 Å². The average Bonchev–Trinajstić information content (AvgIpc) is 3.00. The molecule has 0 saturated carbocycles. The van der Waals surface area contributed by atoms with Crippen LogP contribution in [0.25, 0.3) is 11.0 Å². The molecule has 37 heavy (non-hydrogen) atoms. The molecule has 1 N–H and O–H groups in total. The third-order valence-electron chi connectivity index (χ3n) is 6.64. The van der Waals surface area contributed by atoms with Crippen LogP contribution < -0.4 is 14.8 Å². The molecule has 0 aliphatic carbocycles. The Morgan fingerprint density at radius 2 is 2.00 bits per heavy atom. The molecule has 0 radical (unpaired) electrons. The lowest BCUT2D eigenvalue weighted by atomic mass is 10.1. The number of aryl methyl sites for hydroxylation is 1. The molecular formula is C27H28F2N4O4. The zero-order valence-corrected chi connectivity index (χ0v) is 20.5. The van der Waals surface area contributed by atoms with Gasteiger partial charge in [0.25, 0.3) is 5.91 Å². The number of hydrogen-bond acceptors (Lipinski definition) is 5. The lowest BCUT2D eigenvalue weighted by molar-refractivity contribution is -0.126. The van der Waals surface area contributed by atoms with Gasteiger partial charge in [-0.15, -0.1) is 0 Å². The Hall–Kier alpha value is -3.95. The number of ether oxygens (including phenoxy) is 2. The van der Waals surface area contributed by atoms with Crippen LogP contribution in [0.2, 0.25) is 0 Å². The fourth-order valence-electron chi connectivity index (χ4n) is 4.86. The van der Waals surface area contributed by atoms with Crippen LogP contribution in [0.1, 0.15) is 41.2 Å². The SMILES string of the molecule is C=CC(=O)N1CCCC[C@@H](n2c(NC(=O)c3cccc(C)c3)nc3ccc4c(c32)OCC(F)(F)CO4)C1. The maximum atomic E-state index is 14.1. The molecule has 2 aromatic carbocycles. The van der Waals surface area contributed by atoms with Crippen molar-refractivity contribution in [3.05, 3.63) is 60.2 Å². The van der Waals surface area contributed by atoms with Gasteiger partial charge in [0.2, 0.25) is 11.9 Å². The Labute approximate surface area is 212 Å². The third kappa shape index (κ3) is 5.00. The molecule has 194 valence electrons. The lowest BCUT2D eigenvalue weighted by Crippen LogP contribution is -2.34. The lowest BCUT2D eigenvalue weighted by Gasteiger charge is -2.26. The Kier molecular flexibility index (Phi) is 6.57. The predicted octanol–water partition coefficient (Wildman–Crippen LogP) is 4.74. The van der Waals surface area contributed by atoms with Gasteiger partial charge in [0.05, 0.1) is 11.6 Å². The quantitative estimate of drug-likeness (QED) is 0.513. The van der Waals surface area contributed by atoms with Crippen LogP contribution in [-0.4, -0.2) is 58.5 Å². The predicted molar refractivity (Wildman–Crippen MR) is 134 cm³/mol. The third-order valence-corrected chi connectivity index (χ3v) is 6.64. The highest BCUT2D eigenvalue weighted by Gasteiger charge is 2.37. The van der Waals surface area contributed by atoms with Crippen LogP contribution in [0.4, 0.5) is 14.7 Å². The van der Waals surface area contributed by atoms with Crippen molar-refractivity contribution in [3.8, 4) is 11.5 Å². The van der Waals surface area contributed by atoms with Gasteiger partial charge in [-0.2, -0.15) is 8.78 Å². The normalized spacial score (nSPS) is 19.1. The van der Waals surface area contributed by atoms with E-state index in [-0.39, 0.29) is 35.3 Å². The summed E-state index contributed by atoms with van der Waals surface area (Å²) < 4.78 is 41.1.